The summed E-state index contributed by atoms with van der Waals surface area (Å²) in [5.74, 6) is 0. The Bertz CT molecular complexity index is 120. The highest BCUT2D eigenvalue weighted by molar-refractivity contribution is 6.68. The zero-order chi connectivity index (χ0) is 7.83. The molecule has 60 valence electrons. The molecule has 1 rings (SSSR count). The molecule has 1 saturated heterocycles. The van der Waals surface area contributed by atoms with Crippen LogP contribution in [0.1, 0.15) is 12.8 Å². The molecule has 0 bridgehead atoms. The van der Waals surface area contributed by atoms with Crippen molar-refractivity contribution in [1.29, 1.82) is 0 Å². The molecule has 0 spiro atoms. The van der Waals surface area contributed by atoms with Gasteiger partial charge in [-0.15, -0.1) is 0 Å². The van der Waals surface area contributed by atoms with E-state index in [1.54, 1.807) is 0 Å². The average Bonchev–Trinajstić information content (AvgIpc) is 2.13. The molecule has 1 nitrogen and oxygen atoms in total. The monoisotopic (exact) mass is 158 g/mol. The molecule has 0 saturated carbocycles. The Morgan fingerprint density at radius 1 is 1.00 bits per heavy atom. The van der Waals surface area contributed by atoms with Gasteiger partial charge in [0.25, 0.3) is 8.24 Å². The van der Waals surface area contributed by atoms with Crippen LogP contribution in [0.2, 0.25) is 19.6 Å². The topological polar surface area (TPSA) is 0 Å². The molecular weight excluding hydrogens is 138 g/mol. The van der Waals surface area contributed by atoms with Gasteiger partial charge in [0.05, 0.1) is 20.1 Å². The summed E-state index contributed by atoms with van der Waals surface area (Å²) >= 11 is 0. The second kappa shape index (κ2) is 2.34. The van der Waals surface area contributed by atoms with E-state index in [-0.39, 0.29) is 0 Å². The van der Waals surface area contributed by atoms with Crippen LogP contribution in [-0.4, -0.2) is 32.5 Å². The fourth-order valence-electron chi connectivity index (χ4n) is 1.70. The molecule has 1 heterocycles. The van der Waals surface area contributed by atoms with Crippen LogP contribution >= 0.6 is 0 Å². The van der Waals surface area contributed by atoms with Crippen LogP contribution < -0.4 is 0 Å². The van der Waals surface area contributed by atoms with Crippen molar-refractivity contribution in [2.45, 2.75) is 32.5 Å². The van der Waals surface area contributed by atoms with Crippen LogP contribution in [-0.2, 0) is 0 Å². The van der Waals surface area contributed by atoms with Crippen LogP contribution in [0.5, 0.6) is 0 Å². The highest BCUT2D eigenvalue weighted by Crippen LogP contribution is 2.25. The molecule has 0 aromatic heterocycles. The average molecular weight is 158 g/mol. The molecule has 0 radical (unpaired) electrons. The summed E-state index contributed by atoms with van der Waals surface area (Å²) in [6, 6.07) is 0. The molecule has 0 aromatic carbocycles. The maximum absolute atomic E-state index is 2.48. The Kier molecular flexibility index (Phi) is 1.94. The van der Waals surface area contributed by atoms with E-state index >= 15 is 0 Å². The van der Waals surface area contributed by atoms with Crippen molar-refractivity contribution < 1.29 is 4.15 Å². The Morgan fingerprint density at radius 3 is 1.60 bits per heavy atom. The largest absolute Gasteiger partial charge is 0.386 e. The second-order valence-electron chi connectivity index (χ2n) is 4.72. The molecule has 0 unspecified atom stereocenters. The minimum atomic E-state index is -0.911. The Labute approximate surface area is 65.7 Å². The Hall–Kier alpha value is 0.177. The molecule has 1 aliphatic heterocycles. The summed E-state index contributed by atoms with van der Waals surface area (Å²) in [6.07, 6.45) is 2.92. The summed E-state index contributed by atoms with van der Waals surface area (Å²) in [5.41, 5.74) is 0. The van der Waals surface area contributed by atoms with Gasteiger partial charge in [-0.1, -0.05) is 0 Å². The molecule has 0 aliphatic carbocycles. The summed E-state index contributed by atoms with van der Waals surface area (Å²) < 4.78 is 1.41. The minimum absolute atomic E-state index is 0.911. The van der Waals surface area contributed by atoms with E-state index in [4.69, 9.17) is 0 Å². The predicted octanol–water partition coefficient (Wildman–Crippen LogP) is 2.06. The Morgan fingerprint density at radius 2 is 1.40 bits per heavy atom. The lowest BCUT2D eigenvalue weighted by Gasteiger charge is -2.41. The zero-order valence-electron chi connectivity index (χ0n) is 7.78. The number of likely N-dealkylation sites (tertiary alicyclic amines) is 1. The molecule has 2 heteroatoms. The van der Waals surface area contributed by atoms with Crippen molar-refractivity contribution in [3.05, 3.63) is 0 Å². The van der Waals surface area contributed by atoms with E-state index < -0.39 is 8.24 Å². The highest BCUT2D eigenvalue weighted by atomic mass is 28.3. The SMILES string of the molecule is C[N+]1([Si](C)(C)C)CCCC1. The van der Waals surface area contributed by atoms with Gasteiger partial charge in [0.2, 0.25) is 0 Å². The first kappa shape index (κ1) is 8.28. The number of nitrogens with zero attached hydrogens (tertiary/aromatic N) is 1. The first-order chi connectivity index (χ1) is 4.46. The third kappa shape index (κ3) is 1.27. The third-order valence-electron chi connectivity index (χ3n) is 3.17. The summed E-state index contributed by atoms with van der Waals surface area (Å²) in [5, 5.41) is 0. The molecule has 10 heavy (non-hydrogen) atoms. The van der Waals surface area contributed by atoms with Crippen molar-refractivity contribution in [3.63, 3.8) is 0 Å². The standard InChI is InChI=1S/C8H20NSi/c1-9(10(2,3)4)7-5-6-8-9/h5-8H2,1-4H3/q+1. The van der Waals surface area contributed by atoms with Crippen LogP contribution in [0.15, 0.2) is 0 Å². The minimum Gasteiger partial charge on any atom is -0.386 e. The van der Waals surface area contributed by atoms with Crippen LogP contribution in [0, 0.1) is 0 Å². The van der Waals surface area contributed by atoms with E-state index in [0.29, 0.717) is 0 Å². The molecule has 0 amide bonds. The van der Waals surface area contributed by atoms with Crippen LogP contribution in [0.3, 0.4) is 0 Å². The van der Waals surface area contributed by atoms with Gasteiger partial charge in [0.1, 0.15) is 0 Å². The van der Waals surface area contributed by atoms with Crippen molar-refractivity contribution in [3.8, 4) is 0 Å². The fourth-order valence-corrected chi connectivity index (χ4v) is 3.36. The summed E-state index contributed by atoms with van der Waals surface area (Å²) in [6.45, 7) is 10.3. The molecule has 1 fully saturated rings. The predicted molar refractivity (Wildman–Crippen MR) is 48.5 cm³/mol. The number of hydrogen-bond donors (Lipinski definition) is 0. The zero-order valence-corrected chi connectivity index (χ0v) is 8.78. The van der Waals surface area contributed by atoms with Gasteiger partial charge in [-0.25, -0.2) is 0 Å². The van der Waals surface area contributed by atoms with Gasteiger partial charge in [-0.3, -0.25) is 0 Å². The number of hydrogen-bond acceptors (Lipinski definition) is 0. The van der Waals surface area contributed by atoms with Gasteiger partial charge in [-0.2, -0.15) is 0 Å². The van der Waals surface area contributed by atoms with E-state index in [2.05, 4.69) is 26.7 Å². The number of rotatable bonds is 1. The maximum Gasteiger partial charge on any atom is 0.276 e. The van der Waals surface area contributed by atoms with Crippen LogP contribution in [0.25, 0.3) is 0 Å². The van der Waals surface area contributed by atoms with Gasteiger partial charge in [-0.05, 0) is 19.6 Å². The molecule has 0 atom stereocenters. The van der Waals surface area contributed by atoms with E-state index in [1.807, 2.05) is 0 Å². The van der Waals surface area contributed by atoms with Crippen LogP contribution in [0.4, 0.5) is 0 Å². The van der Waals surface area contributed by atoms with Crippen molar-refractivity contribution >= 4 is 8.24 Å². The third-order valence-corrected chi connectivity index (χ3v) is 6.86. The highest BCUT2D eigenvalue weighted by Gasteiger charge is 2.41. The maximum atomic E-state index is 2.48. The molecule has 0 N–H and O–H groups in total. The lowest BCUT2D eigenvalue weighted by Crippen LogP contribution is -2.59. The van der Waals surface area contributed by atoms with Gasteiger partial charge < -0.3 is 4.15 Å². The quantitative estimate of drug-likeness (QED) is 0.512. The summed E-state index contributed by atoms with van der Waals surface area (Å²) in [7, 11) is 1.53. The second-order valence-corrected chi connectivity index (χ2v) is 10.1. The molecule has 1 aliphatic rings. The fraction of sp³-hybridized carbons (Fsp3) is 1.00. The number of quaternary nitrogens is 1. The van der Waals surface area contributed by atoms with Gasteiger partial charge >= 0.3 is 0 Å². The van der Waals surface area contributed by atoms with E-state index in [0.717, 1.165) is 0 Å². The first-order valence-corrected chi connectivity index (χ1v) is 7.75. The summed E-state index contributed by atoms with van der Waals surface area (Å²) in [4.78, 5) is 0. The molecular formula is C8H20NSi+. The van der Waals surface area contributed by atoms with Crippen molar-refractivity contribution in [1.82, 2.24) is 0 Å². The van der Waals surface area contributed by atoms with Crippen molar-refractivity contribution in [2.75, 3.05) is 20.1 Å². The van der Waals surface area contributed by atoms with Gasteiger partial charge in [0.15, 0.2) is 0 Å². The van der Waals surface area contributed by atoms with Crippen molar-refractivity contribution in [2.24, 2.45) is 0 Å². The first-order valence-electron chi connectivity index (χ1n) is 4.30. The van der Waals surface area contributed by atoms with E-state index in [1.165, 1.54) is 30.1 Å². The normalized spacial score (nSPS) is 25.2. The smallest absolute Gasteiger partial charge is 0.276 e. The Balaban J connectivity index is 2.67. The lowest BCUT2D eigenvalue weighted by atomic mass is 10.4. The lowest BCUT2D eigenvalue weighted by molar-refractivity contribution is -0.798. The van der Waals surface area contributed by atoms with Gasteiger partial charge in [0, 0.05) is 12.8 Å². The molecule has 0 aromatic rings. The van der Waals surface area contributed by atoms with E-state index in [9.17, 15) is 0 Å².